The van der Waals surface area contributed by atoms with E-state index in [-0.39, 0.29) is 23.1 Å². The molecule has 4 heteroatoms. The summed E-state index contributed by atoms with van der Waals surface area (Å²) in [7, 11) is 1.59. The second kappa shape index (κ2) is 7.48. The lowest BCUT2D eigenvalue weighted by Crippen LogP contribution is -2.14. The predicted octanol–water partition coefficient (Wildman–Crippen LogP) is 3.20. The molecule has 0 bridgehead atoms. The molecular formula is C16H21NO3. The van der Waals surface area contributed by atoms with Crippen molar-refractivity contribution in [3.8, 4) is 5.75 Å². The van der Waals surface area contributed by atoms with Gasteiger partial charge in [-0.2, -0.15) is 0 Å². The summed E-state index contributed by atoms with van der Waals surface area (Å²) in [5.41, 5.74) is 0.960. The van der Waals surface area contributed by atoms with Gasteiger partial charge in [0.25, 0.3) is 0 Å². The van der Waals surface area contributed by atoms with Gasteiger partial charge in [-0.3, -0.25) is 9.59 Å². The molecule has 0 aliphatic carbocycles. The number of anilines is 1. The third-order valence-electron chi connectivity index (χ3n) is 2.73. The molecule has 0 radical (unpaired) electrons. The number of Topliss-reactive ketones (excluding diaryl/α,β-unsaturated/α-hetero) is 2. The van der Waals surface area contributed by atoms with E-state index >= 15 is 0 Å². The van der Waals surface area contributed by atoms with Crippen LogP contribution in [0.1, 0.15) is 27.2 Å². The Morgan fingerprint density at radius 1 is 1.35 bits per heavy atom. The molecule has 0 spiro atoms. The van der Waals surface area contributed by atoms with Gasteiger partial charge in [0.1, 0.15) is 5.75 Å². The molecule has 0 saturated heterocycles. The third kappa shape index (κ3) is 4.88. The van der Waals surface area contributed by atoms with Crippen molar-refractivity contribution in [2.24, 2.45) is 5.92 Å². The monoisotopic (exact) mass is 275 g/mol. The van der Waals surface area contributed by atoms with Crippen LogP contribution in [-0.2, 0) is 9.59 Å². The number of ketones is 2. The molecule has 1 aromatic rings. The van der Waals surface area contributed by atoms with E-state index in [0.717, 1.165) is 5.69 Å². The second-order valence-corrected chi connectivity index (χ2v) is 5.01. The average Bonchev–Trinajstić information content (AvgIpc) is 2.38. The molecule has 0 amide bonds. The fraction of sp³-hybridized carbons (Fsp3) is 0.375. The summed E-state index contributed by atoms with van der Waals surface area (Å²) in [4.78, 5) is 23.5. The van der Waals surface area contributed by atoms with Gasteiger partial charge >= 0.3 is 0 Å². The van der Waals surface area contributed by atoms with Gasteiger partial charge in [0, 0.05) is 24.4 Å². The first-order valence-corrected chi connectivity index (χ1v) is 6.59. The summed E-state index contributed by atoms with van der Waals surface area (Å²) < 4.78 is 5.11. The Labute approximate surface area is 119 Å². The van der Waals surface area contributed by atoms with E-state index in [9.17, 15) is 9.59 Å². The van der Waals surface area contributed by atoms with Crippen molar-refractivity contribution in [2.75, 3.05) is 12.4 Å². The maximum Gasteiger partial charge on any atom is 0.168 e. The first kappa shape index (κ1) is 16.0. The van der Waals surface area contributed by atoms with Gasteiger partial charge in [-0.25, -0.2) is 0 Å². The van der Waals surface area contributed by atoms with E-state index in [1.807, 2.05) is 32.0 Å². The van der Waals surface area contributed by atoms with Crippen LogP contribution < -0.4 is 10.1 Å². The van der Waals surface area contributed by atoms with E-state index in [2.05, 4.69) is 5.32 Å². The minimum absolute atomic E-state index is 0.136. The number of ether oxygens (including phenoxy) is 1. The van der Waals surface area contributed by atoms with E-state index in [0.29, 0.717) is 12.2 Å². The topological polar surface area (TPSA) is 55.4 Å². The largest absolute Gasteiger partial charge is 0.497 e. The van der Waals surface area contributed by atoms with Crippen LogP contribution in [-0.4, -0.2) is 18.7 Å². The number of allylic oxidation sites excluding steroid dienone is 1. The molecule has 0 aliphatic rings. The predicted molar refractivity (Wildman–Crippen MR) is 79.8 cm³/mol. The van der Waals surface area contributed by atoms with E-state index in [4.69, 9.17) is 4.74 Å². The number of hydrogen-bond donors (Lipinski definition) is 1. The zero-order valence-electron chi connectivity index (χ0n) is 12.4. The minimum atomic E-state index is -0.231. The Balaban J connectivity index is 2.86. The molecule has 0 fully saturated rings. The maximum atomic E-state index is 12.0. The normalized spacial score (nSPS) is 11.3. The first-order chi connectivity index (χ1) is 9.43. The molecule has 0 aliphatic heterocycles. The highest BCUT2D eigenvalue weighted by atomic mass is 16.5. The van der Waals surface area contributed by atoms with Crippen LogP contribution in [0.5, 0.6) is 5.75 Å². The average molecular weight is 275 g/mol. The number of methoxy groups -OCH3 is 1. The first-order valence-electron chi connectivity index (χ1n) is 6.59. The zero-order chi connectivity index (χ0) is 15.1. The molecule has 0 saturated carbocycles. The third-order valence-corrected chi connectivity index (χ3v) is 2.73. The van der Waals surface area contributed by atoms with Crippen molar-refractivity contribution in [3.05, 3.63) is 36.0 Å². The van der Waals surface area contributed by atoms with Crippen molar-refractivity contribution >= 4 is 17.3 Å². The number of carbonyl (C=O) groups is 2. The summed E-state index contributed by atoms with van der Waals surface area (Å²) in [5.74, 6) is 0.567. The van der Waals surface area contributed by atoms with E-state index in [1.165, 1.54) is 13.1 Å². The summed E-state index contributed by atoms with van der Waals surface area (Å²) in [5, 5.41) is 2.97. The van der Waals surface area contributed by atoms with E-state index < -0.39 is 0 Å². The van der Waals surface area contributed by atoms with Gasteiger partial charge in [0.15, 0.2) is 11.6 Å². The molecule has 0 unspecified atom stereocenters. The van der Waals surface area contributed by atoms with Crippen molar-refractivity contribution in [1.82, 2.24) is 0 Å². The maximum absolute atomic E-state index is 12.0. The fourth-order valence-corrected chi connectivity index (χ4v) is 1.73. The highest BCUT2D eigenvalue weighted by Gasteiger charge is 2.15. The fourth-order valence-electron chi connectivity index (χ4n) is 1.73. The lowest BCUT2D eigenvalue weighted by atomic mass is 10.00. The van der Waals surface area contributed by atoms with Crippen LogP contribution in [0.25, 0.3) is 0 Å². The molecule has 0 aromatic heterocycles. The standard InChI is InChI=1S/C16H21NO3/c1-11(2)8-16(19)15(12(3)18)10-17-13-6-5-7-14(9-13)20-4/h5-7,9-11,17H,8H2,1-4H3/b15-10-. The van der Waals surface area contributed by atoms with Crippen molar-refractivity contribution in [3.63, 3.8) is 0 Å². The number of hydrogen-bond acceptors (Lipinski definition) is 4. The molecule has 4 nitrogen and oxygen atoms in total. The van der Waals surface area contributed by atoms with Gasteiger partial charge in [-0.1, -0.05) is 19.9 Å². The van der Waals surface area contributed by atoms with Crippen LogP contribution in [0.15, 0.2) is 36.0 Å². The Morgan fingerprint density at radius 3 is 2.60 bits per heavy atom. The van der Waals surface area contributed by atoms with Crippen LogP contribution in [0.4, 0.5) is 5.69 Å². The van der Waals surface area contributed by atoms with Crippen LogP contribution in [0, 0.1) is 5.92 Å². The zero-order valence-corrected chi connectivity index (χ0v) is 12.4. The highest BCUT2D eigenvalue weighted by Crippen LogP contribution is 2.17. The van der Waals surface area contributed by atoms with Gasteiger partial charge in [-0.05, 0) is 25.0 Å². The molecular weight excluding hydrogens is 254 g/mol. The minimum Gasteiger partial charge on any atom is -0.497 e. The Bertz CT molecular complexity index is 518. The molecule has 1 rings (SSSR count). The number of benzene rings is 1. The van der Waals surface area contributed by atoms with Crippen molar-refractivity contribution in [2.45, 2.75) is 27.2 Å². The lowest BCUT2D eigenvalue weighted by molar-refractivity contribution is -0.120. The van der Waals surface area contributed by atoms with Gasteiger partial charge in [0.2, 0.25) is 0 Å². The van der Waals surface area contributed by atoms with Crippen LogP contribution >= 0.6 is 0 Å². The van der Waals surface area contributed by atoms with Crippen molar-refractivity contribution in [1.29, 1.82) is 0 Å². The SMILES string of the molecule is COc1cccc(N/C=C(/C(C)=O)C(=O)CC(C)C)c1. The summed E-state index contributed by atoms with van der Waals surface area (Å²) in [6.07, 6.45) is 1.84. The Hall–Kier alpha value is -2.10. The quantitative estimate of drug-likeness (QED) is 0.471. The Morgan fingerprint density at radius 2 is 2.05 bits per heavy atom. The van der Waals surface area contributed by atoms with Gasteiger partial charge in [0.05, 0.1) is 12.7 Å². The molecule has 0 atom stereocenters. The summed E-state index contributed by atoms with van der Waals surface area (Å²) >= 11 is 0. The molecule has 1 aromatic carbocycles. The smallest absolute Gasteiger partial charge is 0.168 e. The highest BCUT2D eigenvalue weighted by molar-refractivity contribution is 6.19. The molecule has 1 N–H and O–H groups in total. The van der Waals surface area contributed by atoms with Gasteiger partial charge in [-0.15, -0.1) is 0 Å². The summed E-state index contributed by atoms with van der Waals surface area (Å²) in [6, 6.07) is 7.29. The second-order valence-electron chi connectivity index (χ2n) is 5.01. The van der Waals surface area contributed by atoms with Crippen LogP contribution in [0.3, 0.4) is 0 Å². The Kier molecular flexibility index (Phi) is 5.97. The summed E-state index contributed by atoms with van der Waals surface area (Å²) in [6.45, 7) is 5.30. The number of nitrogens with one attached hydrogen (secondary N) is 1. The molecule has 108 valence electrons. The van der Waals surface area contributed by atoms with Crippen molar-refractivity contribution < 1.29 is 14.3 Å². The van der Waals surface area contributed by atoms with E-state index in [1.54, 1.807) is 13.2 Å². The van der Waals surface area contributed by atoms with Gasteiger partial charge < -0.3 is 10.1 Å². The number of carbonyl (C=O) groups excluding carboxylic acids is 2. The lowest BCUT2D eigenvalue weighted by Gasteiger charge is -2.08. The van der Waals surface area contributed by atoms with Crippen LogP contribution in [0.2, 0.25) is 0 Å². The molecule has 0 heterocycles. The number of rotatable bonds is 7. The molecule has 20 heavy (non-hydrogen) atoms.